The maximum atomic E-state index is 5.88. The number of hydrogen-bond acceptors (Lipinski definition) is 5. The van der Waals surface area contributed by atoms with Gasteiger partial charge in [0.2, 0.25) is 0 Å². The fourth-order valence-electron chi connectivity index (χ4n) is 4.01. The van der Waals surface area contributed by atoms with Crippen molar-refractivity contribution in [3.05, 3.63) is 29.8 Å². The number of benzene rings is 1. The molecule has 1 aliphatic heterocycles. The smallest absolute Gasteiger partial charge is 0.191 e. The van der Waals surface area contributed by atoms with Gasteiger partial charge in [-0.1, -0.05) is 26.0 Å². The van der Waals surface area contributed by atoms with Gasteiger partial charge in [-0.25, -0.2) is 0 Å². The van der Waals surface area contributed by atoms with Crippen molar-refractivity contribution in [1.29, 1.82) is 0 Å². The Morgan fingerprint density at radius 1 is 1.18 bits per heavy atom. The standard InChI is InChI=1S/C25H44N4O3.HI/c1-5-26-25(27-14-9-15-32-20-21-12-16-31-17-13-21)28-19-24(29(6-2)7-3)22-10-8-11-23(18-22)30-4;/h8,10-11,18,21,24H,5-7,9,12-17,19-20H2,1-4H3,(H2,26,27,28);1H. The van der Waals surface area contributed by atoms with Gasteiger partial charge in [0.25, 0.3) is 0 Å². The summed E-state index contributed by atoms with van der Waals surface area (Å²) in [6.45, 7) is 14.2. The van der Waals surface area contributed by atoms with Crippen molar-refractivity contribution in [2.24, 2.45) is 10.9 Å². The van der Waals surface area contributed by atoms with Crippen LogP contribution in [-0.2, 0) is 9.47 Å². The van der Waals surface area contributed by atoms with Crippen molar-refractivity contribution in [2.45, 2.75) is 46.1 Å². The summed E-state index contributed by atoms with van der Waals surface area (Å²) in [5, 5.41) is 6.83. The molecule has 190 valence electrons. The van der Waals surface area contributed by atoms with E-state index in [0.717, 1.165) is 83.6 Å². The highest BCUT2D eigenvalue weighted by Crippen LogP contribution is 2.24. The molecule has 7 nitrogen and oxygen atoms in total. The Balaban J connectivity index is 0.00000544. The molecule has 1 saturated heterocycles. The fraction of sp³-hybridized carbons (Fsp3) is 0.720. The quantitative estimate of drug-likeness (QED) is 0.151. The van der Waals surface area contributed by atoms with Gasteiger partial charge in [0.05, 0.1) is 19.7 Å². The zero-order valence-corrected chi connectivity index (χ0v) is 23.3. The van der Waals surface area contributed by atoms with Crippen molar-refractivity contribution in [1.82, 2.24) is 15.5 Å². The summed E-state index contributed by atoms with van der Waals surface area (Å²) in [6.07, 6.45) is 3.20. The molecule has 1 unspecified atom stereocenters. The van der Waals surface area contributed by atoms with Crippen molar-refractivity contribution < 1.29 is 14.2 Å². The van der Waals surface area contributed by atoms with Gasteiger partial charge >= 0.3 is 0 Å². The number of rotatable bonds is 14. The van der Waals surface area contributed by atoms with Gasteiger partial charge in [-0.3, -0.25) is 9.89 Å². The lowest BCUT2D eigenvalue weighted by molar-refractivity contribution is 0.0203. The monoisotopic (exact) mass is 576 g/mol. The molecule has 0 saturated carbocycles. The number of methoxy groups -OCH3 is 1. The maximum absolute atomic E-state index is 5.88. The molecule has 1 atom stereocenters. The molecule has 0 amide bonds. The van der Waals surface area contributed by atoms with Crippen LogP contribution in [0.15, 0.2) is 29.3 Å². The lowest BCUT2D eigenvalue weighted by Gasteiger charge is -2.29. The van der Waals surface area contributed by atoms with Crippen LogP contribution in [0.1, 0.15) is 51.6 Å². The number of ether oxygens (including phenoxy) is 3. The second kappa shape index (κ2) is 18.3. The number of guanidine groups is 1. The van der Waals surface area contributed by atoms with E-state index in [9.17, 15) is 0 Å². The van der Waals surface area contributed by atoms with Crippen LogP contribution in [0, 0.1) is 5.92 Å². The average molecular weight is 577 g/mol. The second-order valence-electron chi connectivity index (χ2n) is 8.14. The van der Waals surface area contributed by atoms with Crippen molar-refractivity contribution in [3.63, 3.8) is 0 Å². The number of halogens is 1. The van der Waals surface area contributed by atoms with Gasteiger partial charge in [-0.05, 0) is 62.9 Å². The van der Waals surface area contributed by atoms with E-state index < -0.39 is 0 Å². The highest BCUT2D eigenvalue weighted by molar-refractivity contribution is 14.0. The predicted molar refractivity (Wildman–Crippen MR) is 147 cm³/mol. The van der Waals surface area contributed by atoms with Crippen LogP contribution in [0.4, 0.5) is 0 Å². The summed E-state index contributed by atoms with van der Waals surface area (Å²) in [5.74, 6) is 2.40. The van der Waals surface area contributed by atoms with Crippen molar-refractivity contribution >= 4 is 29.9 Å². The molecule has 0 aromatic heterocycles. The molecular weight excluding hydrogens is 531 g/mol. The molecule has 1 aliphatic rings. The van der Waals surface area contributed by atoms with E-state index in [-0.39, 0.29) is 30.0 Å². The second-order valence-corrected chi connectivity index (χ2v) is 8.14. The van der Waals surface area contributed by atoms with E-state index in [1.807, 2.05) is 6.07 Å². The third kappa shape index (κ3) is 11.2. The molecule has 0 aliphatic carbocycles. The van der Waals surface area contributed by atoms with E-state index >= 15 is 0 Å². The minimum absolute atomic E-state index is 0. The molecule has 2 N–H and O–H groups in total. The summed E-state index contributed by atoms with van der Waals surface area (Å²) in [5.41, 5.74) is 1.23. The summed E-state index contributed by atoms with van der Waals surface area (Å²) in [6, 6.07) is 8.53. The predicted octanol–water partition coefficient (Wildman–Crippen LogP) is 4.08. The Kier molecular flexibility index (Phi) is 16.6. The molecule has 1 fully saturated rings. The molecule has 1 heterocycles. The summed E-state index contributed by atoms with van der Waals surface area (Å²) < 4.78 is 16.7. The van der Waals surface area contributed by atoms with E-state index in [1.165, 1.54) is 5.56 Å². The molecule has 1 aromatic rings. The average Bonchev–Trinajstić information content (AvgIpc) is 2.84. The summed E-state index contributed by atoms with van der Waals surface area (Å²) >= 11 is 0. The lowest BCUT2D eigenvalue weighted by Crippen LogP contribution is -2.39. The zero-order valence-electron chi connectivity index (χ0n) is 21.0. The van der Waals surface area contributed by atoms with Gasteiger partial charge in [0.1, 0.15) is 5.75 Å². The van der Waals surface area contributed by atoms with Crippen molar-refractivity contribution in [3.8, 4) is 5.75 Å². The first-order valence-corrected chi connectivity index (χ1v) is 12.3. The third-order valence-corrected chi connectivity index (χ3v) is 5.95. The Labute approximate surface area is 218 Å². The molecule has 0 bridgehead atoms. The molecule has 33 heavy (non-hydrogen) atoms. The van der Waals surface area contributed by atoms with E-state index in [4.69, 9.17) is 19.2 Å². The Bertz CT molecular complexity index is 652. The highest BCUT2D eigenvalue weighted by atomic mass is 127. The zero-order chi connectivity index (χ0) is 23.0. The molecular formula is C25H45IN4O3. The van der Waals surface area contributed by atoms with Gasteiger partial charge in [-0.2, -0.15) is 0 Å². The van der Waals surface area contributed by atoms with Crippen LogP contribution < -0.4 is 15.4 Å². The van der Waals surface area contributed by atoms with Crippen molar-refractivity contribution in [2.75, 3.05) is 66.3 Å². The number of hydrogen-bond donors (Lipinski definition) is 2. The maximum Gasteiger partial charge on any atom is 0.191 e. The third-order valence-electron chi connectivity index (χ3n) is 5.95. The lowest BCUT2D eigenvalue weighted by atomic mass is 10.0. The van der Waals surface area contributed by atoms with E-state index in [1.54, 1.807) is 7.11 Å². The van der Waals surface area contributed by atoms with E-state index in [0.29, 0.717) is 12.5 Å². The van der Waals surface area contributed by atoms with Gasteiger partial charge in [0.15, 0.2) is 5.96 Å². The van der Waals surface area contributed by atoms with Gasteiger partial charge in [-0.15, -0.1) is 24.0 Å². The minimum Gasteiger partial charge on any atom is -0.497 e. The van der Waals surface area contributed by atoms with Crippen LogP contribution in [0.25, 0.3) is 0 Å². The van der Waals surface area contributed by atoms with Crippen LogP contribution in [0.5, 0.6) is 5.75 Å². The highest BCUT2D eigenvalue weighted by Gasteiger charge is 2.18. The first-order chi connectivity index (χ1) is 15.7. The molecule has 1 aromatic carbocycles. The SMILES string of the molecule is CCNC(=NCC(c1cccc(OC)c1)N(CC)CC)NCCCOCC1CCOCC1.I. The molecule has 8 heteroatoms. The van der Waals surface area contributed by atoms with Crippen LogP contribution >= 0.6 is 24.0 Å². The minimum atomic E-state index is 0. The van der Waals surface area contributed by atoms with Crippen LogP contribution in [0.2, 0.25) is 0 Å². The summed E-state index contributed by atoms with van der Waals surface area (Å²) in [4.78, 5) is 7.35. The molecule has 0 radical (unpaired) electrons. The van der Waals surface area contributed by atoms with Crippen LogP contribution in [0.3, 0.4) is 0 Å². The number of nitrogens with zero attached hydrogens (tertiary/aromatic N) is 2. The largest absolute Gasteiger partial charge is 0.497 e. The number of aliphatic imine (C=N–C) groups is 1. The first kappa shape index (κ1) is 29.9. The topological polar surface area (TPSA) is 67.4 Å². The van der Waals surface area contributed by atoms with Gasteiger partial charge < -0.3 is 24.8 Å². The van der Waals surface area contributed by atoms with Gasteiger partial charge in [0, 0.05) is 39.5 Å². The first-order valence-electron chi connectivity index (χ1n) is 12.3. The summed E-state index contributed by atoms with van der Waals surface area (Å²) in [7, 11) is 1.71. The Morgan fingerprint density at radius 3 is 2.61 bits per heavy atom. The molecule has 2 rings (SSSR count). The van der Waals surface area contributed by atoms with E-state index in [2.05, 4.69) is 54.5 Å². The van der Waals surface area contributed by atoms with Crippen LogP contribution in [-0.4, -0.2) is 77.1 Å². The molecule has 0 spiro atoms. The fourth-order valence-corrected chi connectivity index (χ4v) is 4.01. The Morgan fingerprint density at radius 2 is 1.94 bits per heavy atom. The number of likely N-dealkylation sites (N-methyl/N-ethyl adjacent to an activating group) is 1. The Hall–Kier alpha value is -1.10. The number of nitrogens with one attached hydrogen (secondary N) is 2. The normalized spacial score (nSPS) is 15.7.